The number of nitrogens with zero attached hydrogens (tertiary/aromatic N) is 2. The Kier molecular flexibility index (Phi) is 4.54. The van der Waals surface area contributed by atoms with Crippen LogP contribution in [0.5, 0.6) is 0 Å². The van der Waals surface area contributed by atoms with Crippen LogP contribution >= 0.6 is 34.4 Å². The second kappa shape index (κ2) is 6.57. The van der Waals surface area contributed by atoms with Crippen LogP contribution in [0, 0.1) is 9.39 Å². The Morgan fingerprint density at radius 1 is 1.14 bits per heavy atom. The molecule has 0 bridgehead atoms. The minimum atomic E-state index is -0.334. The molecule has 0 saturated carbocycles. The summed E-state index contributed by atoms with van der Waals surface area (Å²) in [6.07, 6.45) is 0. The molecule has 0 aromatic heterocycles. The summed E-state index contributed by atoms with van der Waals surface area (Å²) in [5, 5.41) is 4.93. The summed E-state index contributed by atoms with van der Waals surface area (Å²) >= 11 is 3.78. The molecule has 1 aliphatic heterocycles. The Morgan fingerprint density at radius 3 is 2.57 bits per heavy atom. The van der Waals surface area contributed by atoms with Gasteiger partial charge in [0.1, 0.15) is 11.5 Å². The van der Waals surface area contributed by atoms with E-state index in [0.717, 1.165) is 11.3 Å². The Morgan fingerprint density at radius 2 is 1.90 bits per heavy atom. The molecular weight excluding hydrogens is 400 g/mol. The maximum absolute atomic E-state index is 13.5. The Hall–Kier alpha value is -1.41. The van der Waals surface area contributed by atoms with Gasteiger partial charge in [-0.3, -0.25) is 5.43 Å². The van der Waals surface area contributed by atoms with Gasteiger partial charge in [-0.15, -0.1) is 0 Å². The zero-order valence-corrected chi connectivity index (χ0v) is 13.9. The van der Waals surface area contributed by atoms with E-state index in [2.05, 4.69) is 38.1 Å². The Balaban J connectivity index is 1.77. The van der Waals surface area contributed by atoms with Gasteiger partial charge < -0.3 is 0 Å². The lowest BCUT2D eigenvalue weighted by Crippen LogP contribution is -2.25. The average molecular weight is 411 g/mol. The van der Waals surface area contributed by atoms with Crippen LogP contribution < -0.4 is 5.43 Å². The van der Waals surface area contributed by atoms with Gasteiger partial charge in [0.25, 0.3) is 0 Å². The number of rotatable bonds is 2. The van der Waals surface area contributed by atoms with Gasteiger partial charge in [-0.25, -0.2) is 9.38 Å². The van der Waals surface area contributed by atoms with Crippen LogP contribution in [0.15, 0.2) is 58.6 Å². The summed E-state index contributed by atoms with van der Waals surface area (Å²) in [6, 6.07) is 14.6. The van der Waals surface area contributed by atoms with Crippen molar-refractivity contribution < 1.29 is 4.39 Å². The monoisotopic (exact) mass is 411 g/mol. The fourth-order valence-corrected chi connectivity index (χ4v) is 2.95. The molecule has 106 valence electrons. The highest BCUT2D eigenvalue weighted by molar-refractivity contribution is 14.1. The average Bonchev–Trinajstić information content (AvgIpc) is 2.51. The van der Waals surface area contributed by atoms with E-state index in [4.69, 9.17) is 0 Å². The maximum Gasteiger partial charge on any atom is 0.182 e. The number of halogens is 2. The second-order valence-electron chi connectivity index (χ2n) is 4.33. The highest BCUT2D eigenvalue weighted by atomic mass is 127. The van der Waals surface area contributed by atoms with Crippen LogP contribution in [-0.2, 0) is 0 Å². The molecule has 0 fully saturated rings. The SMILES string of the molecule is Fc1ccccc1N=C1NN=C(c2ccc(I)cc2)CS1. The molecule has 3 rings (SSSR count). The highest BCUT2D eigenvalue weighted by Gasteiger charge is 2.13. The molecule has 1 aliphatic rings. The van der Waals surface area contributed by atoms with E-state index in [1.165, 1.54) is 21.4 Å². The minimum Gasteiger partial charge on any atom is -0.255 e. The van der Waals surface area contributed by atoms with Crippen molar-refractivity contribution in [3.63, 3.8) is 0 Å². The van der Waals surface area contributed by atoms with Crippen molar-refractivity contribution in [1.29, 1.82) is 0 Å². The smallest absolute Gasteiger partial charge is 0.182 e. The van der Waals surface area contributed by atoms with Crippen molar-refractivity contribution >= 4 is 50.9 Å². The van der Waals surface area contributed by atoms with E-state index in [-0.39, 0.29) is 5.82 Å². The number of aliphatic imine (C=N–C) groups is 1. The molecular formula is C15H11FIN3S. The third-order valence-electron chi connectivity index (χ3n) is 2.88. The van der Waals surface area contributed by atoms with Gasteiger partial charge in [0.2, 0.25) is 0 Å². The van der Waals surface area contributed by atoms with E-state index in [0.29, 0.717) is 16.6 Å². The molecule has 2 aromatic carbocycles. The van der Waals surface area contributed by atoms with Crippen molar-refractivity contribution in [3.05, 3.63) is 63.5 Å². The van der Waals surface area contributed by atoms with E-state index >= 15 is 0 Å². The summed E-state index contributed by atoms with van der Waals surface area (Å²) in [4.78, 5) is 4.25. The normalized spacial score (nSPS) is 16.5. The first-order chi connectivity index (χ1) is 10.2. The van der Waals surface area contributed by atoms with Gasteiger partial charge in [0, 0.05) is 9.32 Å². The van der Waals surface area contributed by atoms with E-state index in [1.807, 2.05) is 24.3 Å². The summed E-state index contributed by atoms with van der Waals surface area (Å²) in [5.74, 6) is 0.376. The van der Waals surface area contributed by atoms with Gasteiger partial charge >= 0.3 is 0 Å². The molecule has 0 saturated heterocycles. The zero-order chi connectivity index (χ0) is 14.7. The van der Waals surface area contributed by atoms with Crippen molar-refractivity contribution in [2.45, 2.75) is 0 Å². The van der Waals surface area contributed by atoms with Crippen LogP contribution in [0.2, 0.25) is 0 Å². The van der Waals surface area contributed by atoms with Gasteiger partial charge in [-0.1, -0.05) is 36.0 Å². The maximum atomic E-state index is 13.5. The fourth-order valence-electron chi connectivity index (χ4n) is 1.82. The third kappa shape index (κ3) is 3.62. The van der Waals surface area contributed by atoms with Crippen molar-refractivity contribution in [3.8, 4) is 0 Å². The van der Waals surface area contributed by atoms with Gasteiger partial charge in [0.15, 0.2) is 5.17 Å². The van der Waals surface area contributed by atoms with Crippen molar-refractivity contribution in [2.75, 3.05) is 5.75 Å². The van der Waals surface area contributed by atoms with Gasteiger partial charge in [-0.05, 0) is 52.4 Å². The summed E-state index contributed by atoms with van der Waals surface area (Å²) < 4.78 is 14.7. The Bertz CT molecular complexity index is 713. The first kappa shape index (κ1) is 14.5. The lowest BCUT2D eigenvalue weighted by atomic mass is 10.1. The van der Waals surface area contributed by atoms with Crippen LogP contribution in [0.25, 0.3) is 0 Å². The first-order valence-electron chi connectivity index (χ1n) is 6.27. The lowest BCUT2D eigenvalue weighted by Gasteiger charge is -2.15. The molecule has 21 heavy (non-hydrogen) atoms. The van der Waals surface area contributed by atoms with Crippen molar-refractivity contribution in [1.82, 2.24) is 5.43 Å². The number of nitrogens with one attached hydrogen (secondary N) is 1. The summed E-state index contributed by atoms with van der Waals surface area (Å²) in [6.45, 7) is 0. The van der Waals surface area contributed by atoms with Crippen LogP contribution in [0.4, 0.5) is 10.1 Å². The van der Waals surface area contributed by atoms with E-state index in [1.54, 1.807) is 18.2 Å². The summed E-state index contributed by atoms with van der Waals surface area (Å²) in [7, 11) is 0. The number of hydrogen-bond donors (Lipinski definition) is 1. The molecule has 6 heteroatoms. The van der Waals surface area contributed by atoms with Crippen LogP contribution in [0.3, 0.4) is 0 Å². The molecule has 0 amide bonds. The number of thioether (sulfide) groups is 1. The molecule has 3 nitrogen and oxygen atoms in total. The van der Waals surface area contributed by atoms with Gasteiger partial charge in [-0.2, -0.15) is 5.10 Å². The first-order valence-corrected chi connectivity index (χ1v) is 8.33. The second-order valence-corrected chi connectivity index (χ2v) is 6.54. The van der Waals surface area contributed by atoms with Crippen LogP contribution in [-0.4, -0.2) is 16.6 Å². The molecule has 1 heterocycles. The molecule has 0 unspecified atom stereocenters. The number of benzene rings is 2. The van der Waals surface area contributed by atoms with Gasteiger partial charge in [0.05, 0.1) is 5.71 Å². The Labute approximate surface area is 139 Å². The molecule has 0 spiro atoms. The predicted molar refractivity (Wildman–Crippen MR) is 94.8 cm³/mol. The zero-order valence-electron chi connectivity index (χ0n) is 10.9. The van der Waals surface area contributed by atoms with E-state index < -0.39 is 0 Å². The standard InChI is InChI=1S/C15H11FIN3S/c16-12-3-1-2-4-13(12)18-15-20-19-14(9-21-15)10-5-7-11(17)8-6-10/h1-8H,9H2,(H,18,20). The molecule has 0 aliphatic carbocycles. The summed E-state index contributed by atoms with van der Waals surface area (Å²) in [5.41, 5.74) is 5.26. The number of amidine groups is 1. The number of para-hydroxylation sites is 1. The molecule has 1 N–H and O–H groups in total. The molecule has 0 radical (unpaired) electrons. The lowest BCUT2D eigenvalue weighted by molar-refractivity contribution is 0.630. The number of hydrazone groups is 1. The fraction of sp³-hybridized carbons (Fsp3) is 0.0667. The predicted octanol–water partition coefficient (Wildman–Crippen LogP) is 4.16. The topological polar surface area (TPSA) is 36.8 Å². The van der Waals surface area contributed by atoms with Crippen LogP contribution in [0.1, 0.15) is 5.56 Å². The quantitative estimate of drug-likeness (QED) is 0.754. The largest absolute Gasteiger partial charge is 0.255 e. The highest BCUT2D eigenvalue weighted by Crippen LogP contribution is 2.21. The third-order valence-corrected chi connectivity index (χ3v) is 4.48. The van der Waals surface area contributed by atoms with Crippen molar-refractivity contribution in [2.24, 2.45) is 10.1 Å². The number of hydrogen-bond acceptors (Lipinski definition) is 3. The molecule has 0 atom stereocenters. The van der Waals surface area contributed by atoms with E-state index in [9.17, 15) is 4.39 Å². The minimum absolute atomic E-state index is 0.320. The molecule has 2 aromatic rings.